The Morgan fingerprint density at radius 2 is 1.34 bits per heavy atom. The molecule has 0 fully saturated rings. The minimum Gasteiger partial charge on any atom is -0.512 e. The predicted molar refractivity (Wildman–Crippen MR) is 260 cm³/mol. The molecular formula is C57H68IrN2O2-2. The van der Waals surface area contributed by atoms with Crippen LogP contribution < -0.4 is 0 Å². The molecule has 1 radical (unpaired) electrons. The van der Waals surface area contributed by atoms with E-state index in [-0.39, 0.29) is 43.5 Å². The summed E-state index contributed by atoms with van der Waals surface area (Å²) in [5, 5.41) is 13.6. The van der Waals surface area contributed by atoms with Gasteiger partial charge in [0, 0.05) is 60.7 Å². The molecule has 62 heavy (non-hydrogen) atoms. The smallest absolute Gasteiger partial charge is 0.162 e. The molecule has 0 unspecified atom stereocenters. The van der Waals surface area contributed by atoms with E-state index >= 15 is 0 Å². The van der Waals surface area contributed by atoms with E-state index < -0.39 is 0 Å². The van der Waals surface area contributed by atoms with Crippen LogP contribution in [0.4, 0.5) is 0 Å². The summed E-state index contributed by atoms with van der Waals surface area (Å²) in [5.74, 6) is 1.86. The van der Waals surface area contributed by atoms with E-state index in [2.05, 4.69) is 146 Å². The molecule has 4 nitrogen and oxygen atoms in total. The van der Waals surface area contributed by atoms with Crippen molar-refractivity contribution < 1.29 is 30.0 Å². The van der Waals surface area contributed by atoms with Gasteiger partial charge in [-0.3, -0.25) is 14.8 Å². The molecule has 4 aromatic carbocycles. The second kappa shape index (κ2) is 23.1. The summed E-state index contributed by atoms with van der Waals surface area (Å²) < 4.78 is 0. The van der Waals surface area contributed by atoms with Gasteiger partial charge >= 0.3 is 0 Å². The summed E-state index contributed by atoms with van der Waals surface area (Å²) >= 11 is 0. The van der Waals surface area contributed by atoms with Gasteiger partial charge in [0.15, 0.2) is 5.78 Å². The first kappa shape index (κ1) is 49.9. The van der Waals surface area contributed by atoms with E-state index in [1.807, 2.05) is 33.9 Å². The van der Waals surface area contributed by atoms with Crippen molar-refractivity contribution in [2.45, 2.75) is 122 Å². The zero-order valence-corrected chi connectivity index (χ0v) is 41.7. The maximum absolute atomic E-state index is 11.7. The zero-order valence-electron chi connectivity index (χ0n) is 39.3. The molecule has 1 aliphatic rings. The molecule has 0 atom stereocenters. The third-order valence-corrected chi connectivity index (χ3v) is 11.5. The number of hydrogen-bond donors (Lipinski definition) is 1. The normalized spacial score (nSPS) is 12.1. The SMILES string of the molecule is CCC(CC)C(=O)/C=C(\O)C(CC)CC.Cc1[c-]c(-c2ccc3c(CC(C)C)cccc3n2)cc(C)c1.Cc1[c-]c(C2=Cc3cc(CC(C)C)cc4ccnc2c34)cc(C)c1.[Ir]. The maximum atomic E-state index is 11.7. The Bertz CT molecular complexity index is 2480. The van der Waals surface area contributed by atoms with Crippen molar-refractivity contribution in [2.75, 3.05) is 0 Å². The second-order valence-electron chi connectivity index (χ2n) is 17.9. The molecule has 1 aliphatic carbocycles. The number of hydrogen-bond acceptors (Lipinski definition) is 4. The fourth-order valence-corrected chi connectivity index (χ4v) is 8.59. The van der Waals surface area contributed by atoms with Crippen LogP contribution in [0.1, 0.15) is 131 Å². The Morgan fingerprint density at radius 1 is 0.726 bits per heavy atom. The number of aromatic nitrogens is 2. The molecule has 0 aliphatic heterocycles. The number of ketones is 1. The van der Waals surface area contributed by atoms with Gasteiger partial charge in [0.1, 0.15) is 0 Å². The number of nitrogens with zero attached hydrogens (tertiary/aromatic N) is 2. The molecule has 0 amide bonds. The molecule has 329 valence electrons. The molecule has 5 heteroatoms. The Labute approximate surface area is 386 Å². The van der Waals surface area contributed by atoms with Crippen molar-refractivity contribution in [1.82, 2.24) is 9.97 Å². The van der Waals surface area contributed by atoms with E-state index in [0.29, 0.717) is 11.8 Å². The Hall–Kier alpha value is -4.70. The number of rotatable bonds is 13. The third-order valence-electron chi connectivity index (χ3n) is 11.5. The largest absolute Gasteiger partial charge is 0.512 e. The molecule has 2 heterocycles. The van der Waals surface area contributed by atoms with E-state index in [1.165, 1.54) is 61.2 Å². The fourth-order valence-electron chi connectivity index (χ4n) is 8.59. The van der Waals surface area contributed by atoms with Crippen LogP contribution in [0.2, 0.25) is 0 Å². The maximum Gasteiger partial charge on any atom is 0.162 e. The first-order chi connectivity index (χ1) is 29.1. The number of aryl methyl sites for hydroxylation is 4. The second-order valence-corrected chi connectivity index (χ2v) is 17.9. The van der Waals surface area contributed by atoms with Crippen molar-refractivity contribution in [1.29, 1.82) is 0 Å². The first-order valence-electron chi connectivity index (χ1n) is 22.6. The molecule has 2 aromatic heterocycles. The Kier molecular flexibility index (Phi) is 18.6. The van der Waals surface area contributed by atoms with Crippen LogP contribution in [-0.4, -0.2) is 20.9 Å². The summed E-state index contributed by atoms with van der Waals surface area (Å²) in [7, 11) is 0. The average Bonchev–Trinajstić information content (AvgIpc) is 3.57. The van der Waals surface area contributed by atoms with Gasteiger partial charge in [-0.25, -0.2) is 0 Å². The summed E-state index contributed by atoms with van der Waals surface area (Å²) in [5.41, 5.74) is 15.5. The van der Waals surface area contributed by atoms with E-state index in [0.717, 1.165) is 72.1 Å². The van der Waals surface area contributed by atoms with Gasteiger partial charge in [0.05, 0.1) is 11.3 Å². The topological polar surface area (TPSA) is 63.1 Å². The van der Waals surface area contributed by atoms with Crippen LogP contribution in [0.15, 0.2) is 90.8 Å². The minimum absolute atomic E-state index is 0. The van der Waals surface area contributed by atoms with Gasteiger partial charge < -0.3 is 5.11 Å². The summed E-state index contributed by atoms with van der Waals surface area (Å²) in [6, 6.07) is 33.1. The van der Waals surface area contributed by atoms with Gasteiger partial charge in [-0.15, -0.1) is 69.8 Å². The molecule has 7 rings (SSSR count). The van der Waals surface area contributed by atoms with Crippen LogP contribution in [0, 0.1) is 63.5 Å². The molecule has 6 aromatic rings. The van der Waals surface area contributed by atoms with Crippen molar-refractivity contribution in [3.05, 3.63) is 153 Å². The molecule has 0 spiro atoms. The monoisotopic (exact) mass is 1010 g/mol. The fraction of sp³-hybridized carbons (Fsp3) is 0.386. The van der Waals surface area contributed by atoms with Crippen molar-refractivity contribution in [2.24, 2.45) is 23.7 Å². The molecular weight excluding hydrogens is 937 g/mol. The van der Waals surface area contributed by atoms with Crippen molar-refractivity contribution in [3.8, 4) is 11.3 Å². The van der Waals surface area contributed by atoms with Crippen LogP contribution in [-0.2, 0) is 37.7 Å². The number of aliphatic hydroxyl groups is 1. The number of allylic oxidation sites excluding steroid dienone is 2. The van der Waals surface area contributed by atoms with Crippen LogP contribution in [0.5, 0.6) is 0 Å². The van der Waals surface area contributed by atoms with Gasteiger partial charge in [-0.2, -0.15) is 0 Å². The molecule has 1 N–H and O–H groups in total. The quantitative estimate of drug-likeness (QED) is 0.0710. The number of carbonyl (C=O) groups excluding carboxylic acids is 1. The van der Waals surface area contributed by atoms with Crippen molar-refractivity contribution in [3.63, 3.8) is 0 Å². The number of carbonyl (C=O) groups is 1. The summed E-state index contributed by atoms with van der Waals surface area (Å²) in [6.07, 6.45) is 11.3. The van der Waals surface area contributed by atoms with Gasteiger partial charge in [0.25, 0.3) is 0 Å². The summed E-state index contributed by atoms with van der Waals surface area (Å²) in [6.45, 7) is 25.6. The van der Waals surface area contributed by atoms with E-state index in [4.69, 9.17) is 9.97 Å². The number of aliphatic hydroxyl groups excluding tert-OH is 1. The minimum atomic E-state index is 0. The van der Waals surface area contributed by atoms with Crippen LogP contribution in [0.25, 0.3) is 44.6 Å². The van der Waals surface area contributed by atoms with E-state index in [9.17, 15) is 9.90 Å². The molecule has 0 saturated carbocycles. The average molecular weight is 1010 g/mol. The van der Waals surface area contributed by atoms with Gasteiger partial charge in [0.2, 0.25) is 0 Å². The standard InChI is InChI=1S/C23H22N.C21H22N.C13H24O2.Ir/c1-14(2)7-17-11-18-5-6-24-23-21(13-20(12-17)22(18)23)19-9-15(3)8-16(4)10-19;1-14(2)10-17-6-5-7-21-19(17)8-9-20(22-21)18-12-15(3)11-16(4)13-18;1-5-10(6-2)12(14)9-13(15)11(7-3)8-4;/h5-6,8-9,11-14H,7H2,1-4H3;5-9,11-12,14H,10H2,1-4H3;9-11,14H,5-8H2,1-4H3;/q2*-1;;/b;;12-9-;. The van der Waals surface area contributed by atoms with E-state index in [1.54, 1.807) is 0 Å². The van der Waals surface area contributed by atoms with Crippen molar-refractivity contribution >= 4 is 39.1 Å². The molecule has 0 bridgehead atoms. The van der Waals surface area contributed by atoms with Crippen LogP contribution >= 0.6 is 0 Å². The number of fused-ring (bicyclic) bond motifs is 1. The summed E-state index contributed by atoms with van der Waals surface area (Å²) in [4.78, 5) is 21.3. The molecule has 0 saturated heterocycles. The van der Waals surface area contributed by atoms with Gasteiger partial charge in [-0.05, 0) is 90.3 Å². The van der Waals surface area contributed by atoms with Gasteiger partial charge in [-0.1, -0.05) is 131 Å². The number of benzene rings is 4. The number of pyridine rings is 2. The zero-order chi connectivity index (χ0) is 44.4. The Balaban J connectivity index is 0.000000209. The van der Waals surface area contributed by atoms with Crippen LogP contribution in [0.3, 0.4) is 0 Å². The predicted octanol–water partition coefficient (Wildman–Crippen LogP) is 15.1. The third kappa shape index (κ3) is 12.9. The Morgan fingerprint density at radius 3 is 1.94 bits per heavy atom. The first-order valence-corrected chi connectivity index (χ1v) is 22.6.